The summed E-state index contributed by atoms with van der Waals surface area (Å²) in [6.07, 6.45) is 0. The number of nitrogens with one attached hydrogen (secondary N) is 1. The number of carbonyl (C=O) groups excluding carboxylic acids is 2. The van der Waals surface area contributed by atoms with Gasteiger partial charge in [0.15, 0.2) is 6.61 Å². The molecule has 0 heterocycles. The van der Waals surface area contributed by atoms with Gasteiger partial charge in [0, 0.05) is 17.6 Å². The van der Waals surface area contributed by atoms with Crippen molar-refractivity contribution < 1.29 is 14.3 Å². The fourth-order valence-electron chi connectivity index (χ4n) is 3.05. The number of carbonyl (C=O) groups is 2. The van der Waals surface area contributed by atoms with Crippen molar-refractivity contribution in [2.24, 2.45) is 0 Å². The lowest BCUT2D eigenvalue weighted by Gasteiger charge is -2.29. The Kier molecular flexibility index (Phi) is 8.70. The lowest BCUT2D eigenvalue weighted by molar-refractivity contribution is -0.142. The number of hydrogen-bond acceptors (Lipinski definition) is 3. The van der Waals surface area contributed by atoms with Gasteiger partial charge in [-0.15, -0.1) is 0 Å². The third-order valence-corrected chi connectivity index (χ3v) is 5.15. The van der Waals surface area contributed by atoms with E-state index in [0.717, 1.165) is 15.6 Å². The first-order valence-corrected chi connectivity index (χ1v) is 10.7. The number of benzene rings is 2. The molecule has 0 spiro atoms. The van der Waals surface area contributed by atoms with Crippen molar-refractivity contribution in [3.8, 4) is 5.75 Å². The van der Waals surface area contributed by atoms with E-state index >= 15 is 0 Å². The van der Waals surface area contributed by atoms with Crippen LogP contribution >= 0.6 is 15.9 Å². The Bertz CT molecular complexity index is 838. The predicted octanol–water partition coefficient (Wildman–Crippen LogP) is 4.50. The summed E-state index contributed by atoms with van der Waals surface area (Å²) in [6, 6.07) is 14.8. The van der Waals surface area contributed by atoms with Crippen LogP contribution in [0.4, 0.5) is 0 Å². The number of hydrogen-bond donors (Lipinski definition) is 1. The van der Waals surface area contributed by atoms with Gasteiger partial charge in [-0.25, -0.2) is 0 Å². The first-order valence-electron chi connectivity index (χ1n) is 9.86. The minimum atomic E-state index is -0.606. The van der Waals surface area contributed by atoms with E-state index in [-0.39, 0.29) is 24.3 Å². The molecule has 0 aliphatic carbocycles. The molecule has 0 bridgehead atoms. The SMILES string of the molecule is CCNC(=O)C(C)N(Cc1cccc(Br)c1)C(=O)COc1ccccc1C(C)C. The van der Waals surface area contributed by atoms with Gasteiger partial charge in [0.25, 0.3) is 5.91 Å². The van der Waals surface area contributed by atoms with Crippen molar-refractivity contribution >= 4 is 27.7 Å². The van der Waals surface area contributed by atoms with Gasteiger partial charge >= 0.3 is 0 Å². The third kappa shape index (κ3) is 6.60. The molecule has 0 aliphatic heterocycles. The molecule has 0 saturated heterocycles. The largest absolute Gasteiger partial charge is 0.483 e. The van der Waals surface area contributed by atoms with Crippen molar-refractivity contribution in [3.05, 3.63) is 64.1 Å². The molecule has 0 saturated carbocycles. The second-order valence-electron chi connectivity index (χ2n) is 7.20. The smallest absolute Gasteiger partial charge is 0.261 e. The van der Waals surface area contributed by atoms with Gasteiger partial charge in [0.2, 0.25) is 5.91 Å². The van der Waals surface area contributed by atoms with Crippen LogP contribution in [0.25, 0.3) is 0 Å². The number of para-hydroxylation sites is 1. The number of nitrogens with zero attached hydrogens (tertiary/aromatic N) is 1. The van der Waals surface area contributed by atoms with Crippen molar-refractivity contribution in [1.29, 1.82) is 0 Å². The first-order chi connectivity index (χ1) is 13.8. The van der Waals surface area contributed by atoms with Gasteiger partial charge in [-0.3, -0.25) is 9.59 Å². The number of ether oxygens (including phenoxy) is 1. The van der Waals surface area contributed by atoms with Gasteiger partial charge in [-0.1, -0.05) is 60.1 Å². The molecular weight excluding hydrogens is 432 g/mol. The molecule has 1 atom stereocenters. The Labute approximate surface area is 181 Å². The summed E-state index contributed by atoms with van der Waals surface area (Å²) in [6.45, 7) is 8.48. The lowest BCUT2D eigenvalue weighted by atomic mass is 10.0. The van der Waals surface area contributed by atoms with E-state index in [2.05, 4.69) is 35.1 Å². The van der Waals surface area contributed by atoms with E-state index in [4.69, 9.17) is 4.74 Å². The average molecular weight is 461 g/mol. The zero-order chi connectivity index (χ0) is 21.4. The van der Waals surface area contributed by atoms with Crippen molar-refractivity contribution in [3.63, 3.8) is 0 Å². The van der Waals surface area contributed by atoms with Crippen LogP contribution in [0.5, 0.6) is 5.75 Å². The molecule has 0 aliphatic rings. The fraction of sp³-hybridized carbons (Fsp3) is 0.391. The third-order valence-electron chi connectivity index (χ3n) is 4.65. The summed E-state index contributed by atoms with van der Waals surface area (Å²) in [5.74, 6) is 0.568. The van der Waals surface area contributed by atoms with Crippen LogP contribution in [-0.4, -0.2) is 35.9 Å². The van der Waals surface area contributed by atoms with E-state index < -0.39 is 6.04 Å². The molecular formula is C23H29BrN2O3. The summed E-state index contributed by atoms with van der Waals surface area (Å²) >= 11 is 3.46. The minimum absolute atomic E-state index is 0.124. The summed E-state index contributed by atoms with van der Waals surface area (Å²) < 4.78 is 6.79. The second kappa shape index (κ2) is 11.0. The van der Waals surface area contributed by atoms with Crippen molar-refractivity contribution in [1.82, 2.24) is 10.2 Å². The maximum Gasteiger partial charge on any atom is 0.261 e. The minimum Gasteiger partial charge on any atom is -0.483 e. The fourth-order valence-corrected chi connectivity index (χ4v) is 3.49. The Morgan fingerprint density at radius 2 is 1.83 bits per heavy atom. The quantitative estimate of drug-likeness (QED) is 0.598. The monoisotopic (exact) mass is 460 g/mol. The number of likely N-dealkylation sites (N-methyl/N-ethyl adjacent to an activating group) is 1. The first kappa shape index (κ1) is 22.9. The standard InChI is InChI=1S/C23H29BrN2O3/c1-5-25-23(28)17(4)26(14-18-9-8-10-19(24)13-18)22(27)15-29-21-12-7-6-11-20(21)16(2)3/h6-13,16-17H,5,14-15H2,1-4H3,(H,25,28). The molecule has 2 amide bonds. The van der Waals surface area contributed by atoms with Gasteiger partial charge in [0.1, 0.15) is 11.8 Å². The summed E-state index contributed by atoms with van der Waals surface area (Å²) in [5.41, 5.74) is 1.99. The lowest BCUT2D eigenvalue weighted by Crippen LogP contribution is -2.49. The Balaban J connectivity index is 2.18. The zero-order valence-corrected chi connectivity index (χ0v) is 19.0. The molecule has 0 radical (unpaired) electrons. The van der Waals surface area contributed by atoms with Gasteiger partial charge < -0.3 is 15.0 Å². The zero-order valence-electron chi connectivity index (χ0n) is 17.4. The average Bonchev–Trinajstić information content (AvgIpc) is 2.70. The van der Waals surface area contributed by atoms with E-state index in [1.807, 2.05) is 55.5 Å². The van der Waals surface area contributed by atoms with E-state index in [1.54, 1.807) is 11.8 Å². The Morgan fingerprint density at radius 3 is 2.48 bits per heavy atom. The summed E-state index contributed by atoms with van der Waals surface area (Å²) in [7, 11) is 0. The molecule has 5 nitrogen and oxygen atoms in total. The molecule has 2 aromatic carbocycles. The highest BCUT2D eigenvalue weighted by Crippen LogP contribution is 2.26. The van der Waals surface area contributed by atoms with Gasteiger partial charge in [-0.05, 0) is 49.1 Å². The van der Waals surface area contributed by atoms with Crippen molar-refractivity contribution in [2.75, 3.05) is 13.2 Å². The van der Waals surface area contributed by atoms with Crippen LogP contribution in [0.1, 0.15) is 44.7 Å². The molecule has 6 heteroatoms. The van der Waals surface area contributed by atoms with Crippen LogP contribution in [0.15, 0.2) is 53.0 Å². The van der Waals surface area contributed by atoms with E-state index in [1.165, 1.54) is 0 Å². The van der Waals surface area contributed by atoms with Crippen LogP contribution in [-0.2, 0) is 16.1 Å². The maximum absolute atomic E-state index is 13.0. The van der Waals surface area contributed by atoms with Crippen LogP contribution < -0.4 is 10.1 Å². The highest BCUT2D eigenvalue weighted by Gasteiger charge is 2.26. The molecule has 2 aromatic rings. The van der Waals surface area contributed by atoms with Crippen LogP contribution in [0.3, 0.4) is 0 Å². The van der Waals surface area contributed by atoms with E-state index in [0.29, 0.717) is 18.8 Å². The molecule has 2 rings (SSSR count). The number of amides is 2. The van der Waals surface area contributed by atoms with Crippen LogP contribution in [0.2, 0.25) is 0 Å². The number of halogens is 1. The van der Waals surface area contributed by atoms with Crippen molar-refractivity contribution in [2.45, 2.75) is 46.2 Å². The highest BCUT2D eigenvalue weighted by atomic mass is 79.9. The number of rotatable bonds is 9. The maximum atomic E-state index is 13.0. The second-order valence-corrected chi connectivity index (χ2v) is 8.12. The van der Waals surface area contributed by atoms with Crippen LogP contribution in [0, 0.1) is 0 Å². The summed E-state index contributed by atoms with van der Waals surface area (Å²) in [5, 5.41) is 2.79. The molecule has 156 valence electrons. The van der Waals surface area contributed by atoms with Gasteiger partial charge in [0.05, 0.1) is 0 Å². The Morgan fingerprint density at radius 1 is 1.10 bits per heavy atom. The predicted molar refractivity (Wildman–Crippen MR) is 119 cm³/mol. The normalized spacial score (nSPS) is 11.8. The van der Waals surface area contributed by atoms with Gasteiger partial charge in [-0.2, -0.15) is 0 Å². The highest BCUT2D eigenvalue weighted by molar-refractivity contribution is 9.10. The molecule has 0 aromatic heterocycles. The van der Waals surface area contributed by atoms with E-state index in [9.17, 15) is 9.59 Å². The molecule has 29 heavy (non-hydrogen) atoms. The molecule has 0 fully saturated rings. The molecule has 1 N–H and O–H groups in total. The summed E-state index contributed by atoms with van der Waals surface area (Å²) in [4.78, 5) is 27.0. The Hall–Kier alpha value is -2.34. The molecule has 1 unspecified atom stereocenters. The topological polar surface area (TPSA) is 58.6 Å².